The van der Waals surface area contributed by atoms with E-state index in [-0.39, 0.29) is 17.4 Å². The number of nitrogens with two attached hydrogens (primary N) is 1. The number of benzene rings is 1. The summed E-state index contributed by atoms with van der Waals surface area (Å²) < 4.78 is 15.7. The summed E-state index contributed by atoms with van der Waals surface area (Å²) in [5, 5.41) is 0. The molecule has 0 spiro atoms. The Morgan fingerprint density at radius 2 is 1.78 bits per heavy atom. The third-order valence-electron chi connectivity index (χ3n) is 4.32. The minimum atomic E-state index is -0.780. The number of nitrogen functional groups attached to an aromatic ring is 1. The number of aromatic nitrogens is 2. The van der Waals surface area contributed by atoms with Crippen molar-refractivity contribution in [2.75, 3.05) is 33.1 Å². The fourth-order valence-corrected chi connectivity index (χ4v) is 2.89. The van der Waals surface area contributed by atoms with Crippen molar-refractivity contribution >= 4 is 17.7 Å². The highest BCUT2D eigenvalue weighted by molar-refractivity contribution is 5.93. The normalized spacial score (nSPS) is 12.9. The summed E-state index contributed by atoms with van der Waals surface area (Å²) in [6.07, 6.45) is 3.37. The van der Waals surface area contributed by atoms with E-state index in [0.29, 0.717) is 31.0 Å². The molecule has 9 nitrogen and oxygen atoms in total. The van der Waals surface area contributed by atoms with Gasteiger partial charge in [0.25, 0.3) is 5.91 Å². The van der Waals surface area contributed by atoms with Gasteiger partial charge in [-0.1, -0.05) is 0 Å². The van der Waals surface area contributed by atoms with Gasteiger partial charge in [0.2, 0.25) is 0 Å². The van der Waals surface area contributed by atoms with E-state index in [2.05, 4.69) is 9.97 Å². The van der Waals surface area contributed by atoms with Crippen LogP contribution in [0, 0.1) is 0 Å². The highest BCUT2D eigenvalue weighted by atomic mass is 16.5. The molecule has 0 radical (unpaired) electrons. The molecule has 0 fully saturated rings. The predicted molar refractivity (Wildman–Crippen MR) is 95.4 cm³/mol. The van der Waals surface area contributed by atoms with Crippen LogP contribution in [0.3, 0.4) is 0 Å². The number of methoxy groups -OCH3 is 2. The second kappa shape index (κ2) is 7.90. The molecule has 1 aromatic heterocycles. The maximum atomic E-state index is 12.4. The van der Waals surface area contributed by atoms with Crippen LogP contribution in [-0.2, 0) is 22.5 Å². The van der Waals surface area contributed by atoms with E-state index in [1.54, 1.807) is 19.1 Å². The van der Waals surface area contributed by atoms with Crippen LogP contribution in [0.15, 0.2) is 24.5 Å². The number of ether oxygens (including phenoxy) is 3. The Morgan fingerprint density at radius 1 is 1.11 bits per heavy atom. The van der Waals surface area contributed by atoms with Gasteiger partial charge < -0.3 is 24.8 Å². The van der Waals surface area contributed by atoms with E-state index in [0.717, 1.165) is 11.1 Å². The molecule has 1 aliphatic heterocycles. The predicted octanol–water partition coefficient (Wildman–Crippen LogP) is 0.818. The molecule has 27 heavy (non-hydrogen) atoms. The van der Waals surface area contributed by atoms with Crippen molar-refractivity contribution in [1.82, 2.24) is 14.9 Å². The van der Waals surface area contributed by atoms with Gasteiger partial charge in [-0.15, -0.1) is 0 Å². The number of amides is 1. The summed E-state index contributed by atoms with van der Waals surface area (Å²) in [4.78, 5) is 33.6. The van der Waals surface area contributed by atoms with E-state index >= 15 is 0 Å². The van der Waals surface area contributed by atoms with Gasteiger partial charge in [-0.3, -0.25) is 4.79 Å². The molecular weight excluding hydrogens is 352 g/mol. The van der Waals surface area contributed by atoms with Crippen molar-refractivity contribution in [3.8, 4) is 11.5 Å². The number of carbonyl (C=O) groups is 2. The van der Waals surface area contributed by atoms with Crippen LogP contribution in [0.4, 0.5) is 5.82 Å². The lowest BCUT2D eigenvalue weighted by molar-refractivity contribution is -0.135. The molecular formula is C18H20N4O5. The Balaban J connectivity index is 1.64. The third-order valence-corrected chi connectivity index (χ3v) is 4.32. The molecule has 3 rings (SSSR count). The van der Waals surface area contributed by atoms with Crippen molar-refractivity contribution in [3.63, 3.8) is 0 Å². The minimum Gasteiger partial charge on any atom is -0.493 e. The molecule has 0 aliphatic carbocycles. The Kier molecular flexibility index (Phi) is 5.39. The average molecular weight is 372 g/mol. The van der Waals surface area contributed by atoms with E-state index in [1.807, 2.05) is 12.1 Å². The van der Waals surface area contributed by atoms with Crippen molar-refractivity contribution in [2.24, 2.45) is 0 Å². The van der Waals surface area contributed by atoms with Gasteiger partial charge in [-0.05, 0) is 29.7 Å². The number of rotatable bonds is 5. The maximum absolute atomic E-state index is 12.4. The van der Waals surface area contributed by atoms with Gasteiger partial charge in [0, 0.05) is 25.5 Å². The molecule has 2 heterocycles. The van der Waals surface area contributed by atoms with Gasteiger partial charge in [-0.2, -0.15) is 0 Å². The van der Waals surface area contributed by atoms with Crippen molar-refractivity contribution < 1.29 is 23.8 Å². The lowest BCUT2D eigenvalue weighted by Gasteiger charge is -2.29. The third kappa shape index (κ3) is 3.91. The van der Waals surface area contributed by atoms with Gasteiger partial charge in [0.1, 0.15) is 0 Å². The monoisotopic (exact) mass is 372 g/mol. The van der Waals surface area contributed by atoms with Crippen molar-refractivity contribution in [1.29, 1.82) is 0 Å². The largest absolute Gasteiger partial charge is 0.493 e. The molecule has 2 N–H and O–H groups in total. The van der Waals surface area contributed by atoms with E-state index in [1.165, 1.54) is 12.4 Å². The van der Waals surface area contributed by atoms with Crippen LogP contribution in [0.2, 0.25) is 0 Å². The summed E-state index contributed by atoms with van der Waals surface area (Å²) in [6.45, 7) is 0.531. The molecule has 9 heteroatoms. The Morgan fingerprint density at radius 3 is 2.44 bits per heavy atom. The molecule has 2 aromatic rings. The SMILES string of the molecule is COc1cc2c(cc1OC)CN(C(=O)COC(=O)c1nccnc1N)CC2. The van der Waals surface area contributed by atoms with E-state index in [9.17, 15) is 9.59 Å². The molecule has 0 unspecified atom stereocenters. The zero-order valence-corrected chi connectivity index (χ0v) is 15.1. The first-order chi connectivity index (χ1) is 13.0. The lowest BCUT2D eigenvalue weighted by Crippen LogP contribution is -2.38. The number of hydrogen-bond donors (Lipinski definition) is 1. The number of carbonyl (C=O) groups excluding carboxylic acids is 2. The molecule has 0 saturated carbocycles. The van der Waals surface area contributed by atoms with Gasteiger partial charge >= 0.3 is 5.97 Å². The van der Waals surface area contributed by atoms with Gasteiger partial charge in [-0.25, -0.2) is 14.8 Å². The van der Waals surface area contributed by atoms with Crippen molar-refractivity contribution in [3.05, 3.63) is 41.3 Å². The highest BCUT2D eigenvalue weighted by Crippen LogP contribution is 2.33. The van der Waals surface area contributed by atoms with Gasteiger partial charge in [0.15, 0.2) is 29.6 Å². The van der Waals surface area contributed by atoms with Crippen LogP contribution < -0.4 is 15.2 Å². The van der Waals surface area contributed by atoms with E-state index in [4.69, 9.17) is 19.9 Å². The summed E-state index contributed by atoms with van der Waals surface area (Å²) >= 11 is 0. The first-order valence-corrected chi connectivity index (χ1v) is 8.28. The summed E-state index contributed by atoms with van der Waals surface area (Å²) in [7, 11) is 3.15. The Bertz CT molecular complexity index is 871. The fourth-order valence-electron chi connectivity index (χ4n) is 2.89. The standard InChI is InChI=1S/C18H20N4O5/c1-25-13-7-11-3-6-22(9-12(11)8-14(13)26-2)15(23)10-27-18(24)16-17(19)21-5-4-20-16/h4-5,7-8H,3,6,9-10H2,1-2H3,(H2,19,21). The first-order valence-electron chi connectivity index (χ1n) is 8.28. The molecule has 142 valence electrons. The number of fused-ring (bicyclic) bond motifs is 1. The molecule has 1 aliphatic rings. The molecule has 0 saturated heterocycles. The zero-order valence-electron chi connectivity index (χ0n) is 15.1. The molecule has 0 bridgehead atoms. The molecule has 0 atom stereocenters. The quantitative estimate of drug-likeness (QED) is 0.767. The number of nitrogens with zero attached hydrogens (tertiary/aromatic N) is 3. The van der Waals surface area contributed by atoms with Crippen LogP contribution in [-0.4, -0.2) is 54.1 Å². The number of hydrogen-bond acceptors (Lipinski definition) is 8. The first kappa shape index (κ1) is 18.4. The summed E-state index contributed by atoms with van der Waals surface area (Å²) in [5.74, 6) is 0.147. The van der Waals surface area contributed by atoms with E-state index < -0.39 is 12.6 Å². The van der Waals surface area contributed by atoms with Crippen LogP contribution in [0.1, 0.15) is 21.6 Å². The topological polar surface area (TPSA) is 117 Å². The van der Waals surface area contributed by atoms with Crippen LogP contribution in [0.5, 0.6) is 11.5 Å². The fraction of sp³-hybridized carbons (Fsp3) is 0.333. The van der Waals surface area contributed by atoms with Crippen LogP contribution >= 0.6 is 0 Å². The minimum absolute atomic E-state index is 0.0390. The van der Waals surface area contributed by atoms with Crippen molar-refractivity contribution in [2.45, 2.75) is 13.0 Å². The number of anilines is 1. The average Bonchev–Trinajstić information content (AvgIpc) is 2.70. The Labute approximate surface area is 156 Å². The Hall–Kier alpha value is -3.36. The maximum Gasteiger partial charge on any atom is 0.361 e. The lowest BCUT2D eigenvalue weighted by atomic mass is 9.99. The number of esters is 1. The summed E-state index contributed by atoms with van der Waals surface area (Å²) in [6, 6.07) is 3.78. The highest BCUT2D eigenvalue weighted by Gasteiger charge is 2.24. The molecule has 1 aromatic carbocycles. The summed E-state index contributed by atoms with van der Waals surface area (Å²) in [5.41, 5.74) is 7.54. The second-order valence-corrected chi connectivity index (χ2v) is 5.91. The smallest absolute Gasteiger partial charge is 0.361 e. The second-order valence-electron chi connectivity index (χ2n) is 5.91. The molecule has 1 amide bonds. The zero-order chi connectivity index (χ0) is 19.4. The van der Waals surface area contributed by atoms with Gasteiger partial charge in [0.05, 0.1) is 14.2 Å². The van der Waals surface area contributed by atoms with Crippen LogP contribution in [0.25, 0.3) is 0 Å².